The first kappa shape index (κ1) is 26.2. The monoisotopic (exact) mass is 521 g/mol. The van der Waals surface area contributed by atoms with Gasteiger partial charge in [-0.3, -0.25) is 4.31 Å². The zero-order valence-corrected chi connectivity index (χ0v) is 21.1. The quantitative estimate of drug-likeness (QED) is 0.277. The molecule has 0 amide bonds. The minimum atomic E-state index is -3.80. The van der Waals surface area contributed by atoms with Crippen molar-refractivity contribution in [1.82, 2.24) is 0 Å². The molecule has 6 nitrogen and oxygen atoms in total. The van der Waals surface area contributed by atoms with Crippen LogP contribution in [0.4, 0.5) is 11.4 Å². The lowest BCUT2D eigenvalue weighted by molar-refractivity contribution is 0.333. The van der Waals surface area contributed by atoms with Gasteiger partial charge in [0.1, 0.15) is 12.4 Å². The zero-order chi connectivity index (χ0) is 24.4. The van der Waals surface area contributed by atoms with Gasteiger partial charge in [-0.2, -0.15) is 0 Å². The third-order valence-corrected chi connectivity index (χ3v) is 7.47. The van der Waals surface area contributed by atoms with E-state index < -0.39 is 10.0 Å². The molecule has 0 aliphatic carbocycles. The fourth-order valence-corrected chi connectivity index (χ4v) is 5.18. The summed E-state index contributed by atoms with van der Waals surface area (Å²) in [6.07, 6.45) is 2.38. The Bertz CT molecular complexity index is 1140. The highest BCUT2D eigenvalue weighted by atomic mass is 35.5. The number of anilines is 2. The second-order valence-corrected chi connectivity index (χ2v) is 10.4. The van der Waals surface area contributed by atoms with Gasteiger partial charge < -0.3 is 15.8 Å². The van der Waals surface area contributed by atoms with E-state index in [2.05, 4.69) is 5.32 Å². The smallest absolute Gasteiger partial charge is 0.264 e. The molecule has 34 heavy (non-hydrogen) atoms. The lowest BCUT2D eigenvalue weighted by Crippen LogP contribution is -2.33. The summed E-state index contributed by atoms with van der Waals surface area (Å²) in [5.41, 5.74) is 6.90. The molecule has 3 rings (SSSR count). The second-order valence-electron chi connectivity index (χ2n) is 7.63. The summed E-state index contributed by atoms with van der Waals surface area (Å²) in [5, 5.41) is 4.44. The molecule has 0 unspecified atom stereocenters. The van der Waals surface area contributed by atoms with Crippen LogP contribution in [0.5, 0.6) is 5.75 Å². The topological polar surface area (TPSA) is 84.7 Å². The number of nitrogens with one attached hydrogen (secondary N) is 1. The fraction of sp³-hybridized carbons (Fsp3) is 0.280. The van der Waals surface area contributed by atoms with E-state index in [1.807, 2.05) is 18.2 Å². The Balaban J connectivity index is 1.78. The number of unbranched alkanes of at least 4 members (excludes halogenated alkanes) is 2. The van der Waals surface area contributed by atoms with Gasteiger partial charge in [0.15, 0.2) is 0 Å². The first-order valence-corrected chi connectivity index (χ1v) is 13.3. The van der Waals surface area contributed by atoms with Gasteiger partial charge in [-0.05, 0) is 80.1 Å². The van der Waals surface area contributed by atoms with Crippen molar-refractivity contribution in [2.75, 3.05) is 35.9 Å². The van der Waals surface area contributed by atoms with E-state index in [-0.39, 0.29) is 4.90 Å². The molecule has 0 atom stereocenters. The molecule has 3 N–H and O–H groups in total. The van der Waals surface area contributed by atoms with Crippen LogP contribution in [0.1, 0.15) is 19.3 Å². The van der Waals surface area contributed by atoms with Crippen molar-refractivity contribution in [1.29, 1.82) is 0 Å². The van der Waals surface area contributed by atoms with Gasteiger partial charge in [0, 0.05) is 23.1 Å². The number of nitrogens with two attached hydrogens (primary N) is 1. The van der Waals surface area contributed by atoms with Crippen LogP contribution < -0.4 is 20.1 Å². The molecule has 3 aromatic carbocycles. The van der Waals surface area contributed by atoms with Crippen molar-refractivity contribution in [3.8, 4) is 5.75 Å². The van der Waals surface area contributed by atoms with Crippen LogP contribution in [0, 0.1) is 0 Å². The molecule has 0 radical (unpaired) electrons. The van der Waals surface area contributed by atoms with Gasteiger partial charge in [0.25, 0.3) is 10.0 Å². The Hall–Kier alpha value is -2.45. The molecule has 0 fully saturated rings. The Morgan fingerprint density at radius 3 is 2.18 bits per heavy atom. The van der Waals surface area contributed by atoms with Gasteiger partial charge in [-0.15, -0.1) is 0 Å². The maximum absolute atomic E-state index is 13.6. The average Bonchev–Trinajstić information content (AvgIpc) is 2.83. The first-order valence-electron chi connectivity index (χ1n) is 11.1. The summed E-state index contributed by atoms with van der Waals surface area (Å²) >= 11 is 11.9. The van der Waals surface area contributed by atoms with Crippen LogP contribution >= 0.6 is 23.2 Å². The number of hydrogen-bond acceptors (Lipinski definition) is 5. The maximum atomic E-state index is 13.6. The summed E-state index contributed by atoms with van der Waals surface area (Å²) in [4.78, 5) is 0.191. The molecule has 0 aliphatic heterocycles. The van der Waals surface area contributed by atoms with Gasteiger partial charge in [0.2, 0.25) is 0 Å². The summed E-state index contributed by atoms with van der Waals surface area (Å²) in [6.45, 7) is 1.80. The van der Waals surface area contributed by atoms with Crippen LogP contribution in [-0.2, 0) is 10.0 Å². The summed E-state index contributed by atoms with van der Waals surface area (Å²) in [5.74, 6) is 0.714. The highest BCUT2D eigenvalue weighted by Gasteiger charge is 2.26. The van der Waals surface area contributed by atoms with Crippen molar-refractivity contribution >= 4 is 44.6 Å². The van der Waals surface area contributed by atoms with E-state index in [0.717, 1.165) is 12.8 Å². The molecular formula is C25H29Cl2N3O3S. The summed E-state index contributed by atoms with van der Waals surface area (Å²) in [6, 6.07) is 20.7. The van der Waals surface area contributed by atoms with Crippen molar-refractivity contribution in [3.63, 3.8) is 0 Å². The zero-order valence-electron chi connectivity index (χ0n) is 18.8. The van der Waals surface area contributed by atoms with E-state index in [1.165, 1.54) is 16.4 Å². The number of ether oxygens (including phenoxy) is 1. The largest absolute Gasteiger partial charge is 0.492 e. The number of hydrogen-bond donors (Lipinski definition) is 2. The molecule has 9 heteroatoms. The number of benzene rings is 3. The van der Waals surface area contributed by atoms with Crippen molar-refractivity contribution in [2.24, 2.45) is 5.73 Å². The highest BCUT2D eigenvalue weighted by molar-refractivity contribution is 7.92. The third kappa shape index (κ3) is 7.27. The average molecular weight is 522 g/mol. The molecule has 0 aliphatic rings. The fourth-order valence-electron chi connectivity index (χ4n) is 3.41. The Morgan fingerprint density at radius 1 is 0.853 bits per heavy atom. The standard InChI is InChI=1S/C25H29Cl2N3O3S/c26-20-8-12-22(13-9-20)33-19-17-29-24-6-2-3-7-25(24)30(18-5-1-4-16-28)34(31,32)23-14-10-21(27)11-15-23/h2-3,6-15,29H,1,4-5,16-19,28H2. The van der Waals surface area contributed by atoms with E-state index in [9.17, 15) is 8.42 Å². The van der Waals surface area contributed by atoms with Gasteiger partial charge >= 0.3 is 0 Å². The minimum absolute atomic E-state index is 0.191. The summed E-state index contributed by atoms with van der Waals surface area (Å²) < 4.78 is 34.4. The normalized spacial score (nSPS) is 11.3. The van der Waals surface area contributed by atoms with Gasteiger partial charge in [0.05, 0.1) is 16.3 Å². The Kier molecular flexibility index (Phi) is 9.89. The highest BCUT2D eigenvalue weighted by Crippen LogP contribution is 2.31. The summed E-state index contributed by atoms with van der Waals surface area (Å²) in [7, 11) is -3.80. The number of sulfonamides is 1. The molecule has 3 aromatic rings. The lowest BCUT2D eigenvalue weighted by atomic mass is 10.2. The van der Waals surface area contributed by atoms with Crippen LogP contribution in [0.2, 0.25) is 10.0 Å². The van der Waals surface area contributed by atoms with E-state index >= 15 is 0 Å². The predicted molar refractivity (Wildman–Crippen MR) is 141 cm³/mol. The molecule has 0 bridgehead atoms. The van der Waals surface area contributed by atoms with Crippen molar-refractivity contribution in [2.45, 2.75) is 24.2 Å². The predicted octanol–water partition coefficient (Wildman–Crippen LogP) is 5.81. The number of nitrogens with zero attached hydrogens (tertiary/aromatic N) is 1. The van der Waals surface area contributed by atoms with Crippen molar-refractivity contribution in [3.05, 3.63) is 82.8 Å². The molecule has 0 saturated heterocycles. The van der Waals surface area contributed by atoms with Crippen LogP contribution in [-0.4, -0.2) is 34.7 Å². The van der Waals surface area contributed by atoms with Crippen LogP contribution in [0.3, 0.4) is 0 Å². The van der Waals surface area contributed by atoms with E-state index in [0.29, 0.717) is 59.8 Å². The van der Waals surface area contributed by atoms with Crippen LogP contribution in [0.25, 0.3) is 0 Å². The Morgan fingerprint density at radius 2 is 1.50 bits per heavy atom. The van der Waals surface area contributed by atoms with Crippen molar-refractivity contribution < 1.29 is 13.2 Å². The second kappa shape index (κ2) is 12.9. The lowest BCUT2D eigenvalue weighted by Gasteiger charge is -2.27. The van der Waals surface area contributed by atoms with Crippen LogP contribution in [0.15, 0.2) is 77.7 Å². The number of halogens is 2. The maximum Gasteiger partial charge on any atom is 0.264 e. The number of para-hydroxylation sites is 2. The molecular weight excluding hydrogens is 493 g/mol. The molecule has 0 aromatic heterocycles. The van der Waals surface area contributed by atoms with Gasteiger partial charge in [-0.25, -0.2) is 8.42 Å². The number of rotatable bonds is 13. The van der Waals surface area contributed by atoms with E-state index in [1.54, 1.807) is 42.5 Å². The molecule has 0 saturated carbocycles. The molecule has 0 heterocycles. The minimum Gasteiger partial charge on any atom is -0.492 e. The van der Waals surface area contributed by atoms with Gasteiger partial charge in [-0.1, -0.05) is 41.8 Å². The molecule has 182 valence electrons. The first-order chi connectivity index (χ1) is 16.4. The third-order valence-electron chi connectivity index (χ3n) is 5.14. The SMILES string of the molecule is NCCCCCN(c1ccccc1NCCOc1ccc(Cl)cc1)S(=O)(=O)c1ccc(Cl)cc1. The van der Waals surface area contributed by atoms with E-state index in [4.69, 9.17) is 33.7 Å². The Labute approximate surface area is 211 Å². The molecule has 0 spiro atoms.